The second-order valence-electron chi connectivity index (χ2n) is 6.58. The maximum atomic E-state index is 12.1. The summed E-state index contributed by atoms with van der Waals surface area (Å²) in [6.07, 6.45) is 0.854. The van der Waals surface area contributed by atoms with Crippen LogP contribution < -0.4 is 15.4 Å². The second kappa shape index (κ2) is 8.89. The third-order valence-electron chi connectivity index (χ3n) is 3.82. The van der Waals surface area contributed by atoms with Crippen molar-refractivity contribution in [1.29, 1.82) is 0 Å². The molecule has 0 aliphatic heterocycles. The van der Waals surface area contributed by atoms with Gasteiger partial charge in [0.2, 0.25) is 0 Å². The van der Waals surface area contributed by atoms with E-state index in [-0.39, 0.29) is 12.1 Å². The molecule has 2 rings (SSSR count). The molecule has 26 heavy (non-hydrogen) atoms. The van der Waals surface area contributed by atoms with Gasteiger partial charge in [-0.3, -0.25) is 0 Å². The Balaban J connectivity index is 2.34. The lowest BCUT2D eigenvalue weighted by molar-refractivity contribution is 0.0601. The van der Waals surface area contributed by atoms with Gasteiger partial charge in [-0.15, -0.1) is 11.3 Å². The van der Waals surface area contributed by atoms with Crippen molar-refractivity contribution < 1.29 is 19.1 Å². The second-order valence-corrected chi connectivity index (χ2v) is 7.63. The summed E-state index contributed by atoms with van der Waals surface area (Å²) in [6.45, 7) is 8.52. The molecule has 0 aliphatic carbocycles. The molecule has 2 N–H and O–H groups in total. The zero-order chi connectivity index (χ0) is 19.3. The molecular weight excluding hydrogens is 352 g/mol. The molecule has 6 nitrogen and oxygen atoms in total. The molecule has 0 bridgehead atoms. The summed E-state index contributed by atoms with van der Waals surface area (Å²) in [5.74, 6) is 0.406. The van der Waals surface area contributed by atoms with E-state index in [2.05, 4.69) is 10.6 Å². The third-order valence-corrected chi connectivity index (χ3v) is 4.95. The molecule has 0 spiro atoms. The standard InChI is InChI=1S/C19H26N2O4S/c1-6-12(4)20-19(23)21-13-7-8-15-14(9-13)16(25-10-11(2)3)17(26-15)18(22)24-5/h7-9,11-12H,6,10H2,1-5H3,(H2,20,21,23)/t12-/m1/s1. The average molecular weight is 378 g/mol. The van der Waals surface area contributed by atoms with Crippen molar-refractivity contribution in [2.24, 2.45) is 5.92 Å². The van der Waals surface area contributed by atoms with E-state index in [1.54, 1.807) is 0 Å². The van der Waals surface area contributed by atoms with Crippen molar-refractivity contribution in [3.8, 4) is 5.75 Å². The van der Waals surface area contributed by atoms with Crippen LogP contribution in [-0.4, -0.2) is 31.8 Å². The monoisotopic (exact) mass is 378 g/mol. The number of rotatable bonds is 7. The van der Waals surface area contributed by atoms with Crippen LogP contribution in [0.3, 0.4) is 0 Å². The number of ether oxygens (including phenoxy) is 2. The van der Waals surface area contributed by atoms with Gasteiger partial charge in [0.1, 0.15) is 0 Å². The molecule has 142 valence electrons. The van der Waals surface area contributed by atoms with Crippen LogP contribution in [0.15, 0.2) is 18.2 Å². The van der Waals surface area contributed by atoms with Gasteiger partial charge in [0.05, 0.1) is 13.7 Å². The maximum absolute atomic E-state index is 12.1. The number of thiophene rings is 1. The van der Waals surface area contributed by atoms with Gasteiger partial charge >= 0.3 is 12.0 Å². The van der Waals surface area contributed by atoms with E-state index in [9.17, 15) is 9.59 Å². The first-order chi connectivity index (χ1) is 12.3. The largest absolute Gasteiger partial charge is 0.491 e. The summed E-state index contributed by atoms with van der Waals surface area (Å²) >= 11 is 1.32. The Morgan fingerprint density at radius 2 is 1.96 bits per heavy atom. The molecular formula is C19H26N2O4S. The molecule has 0 radical (unpaired) electrons. The molecule has 1 atom stereocenters. The topological polar surface area (TPSA) is 76.7 Å². The van der Waals surface area contributed by atoms with Crippen molar-refractivity contribution >= 4 is 39.1 Å². The smallest absolute Gasteiger partial charge is 0.351 e. The number of anilines is 1. The lowest BCUT2D eigenvalue weighted by Gasteiger charge is -2.13. The van der Waals surface area contributed by atoms with Crippen LogP contribution in [0, 0.1) is 5.92 Å². The Morgan fingerprint density at radius 3 is 2.58 bits per heavy atom. The zero-order valence-corrected chi connectivity index (χ0v) is 16.7. The van der Waals surface area contributed by atoms with Crippen LogP contribution in [0.2, 0.25) is 0 Å². The van der Waals surface area contributed by atoms with Gasteiger partial charge in [0, 0.05) is 21.8 Å². The van der Waals surface area contributed by atoms with Gasteiger partial charge in [0.25, 0.3) is 0 Å². The number of hydrogen-bond acceptors (Lipinski definition) is 5. The fraction of sp³-hybridized carbons (Fsp3) is 0.474. The predicted octanol–water partition coefficient (Wildman–Crippen LogP) is 4.64. The van der Waals surface area contributed by atoms with Gasteiger partial charge in [0.15, 0.2) is 10.6 Å². The number of hydrogen-bond donors (Lipinski definition) is 2. The van der Waals surface area contributed by atoms with Crippen LogP contribution in [0.5, 0.6) is 5.75 Å². The summed E-state index contributed by atoms with van der Waals surface area (Å²) in [5, 5.41) is 6.48. The van der Waals surface area contributed by atoms with Gasteiger partial charge < -0.3 is 20.1 Å². The van der Waals surface area contributed by atoms with Crippen LogP contribution in [0.1, 0.15) is 43.8 Å². The van der Waals surface area contributed by atoms with Crippen molar-refractivity contribution in [3.05, 3.63) is 23.1 Å². The van der Waals surface area contributed by atoms with Crippen molar-refractivity contribution in [2.45, 2.75) is 40.2 Å². The molecule has 2 aromatic rings. The maximum Gasteiger partial charge on any atom is 0.351 e. The minimum absolute atomic E-state index is 0.0933. The summed E-state index contributed by atoms with van der Waals surface area (Å²) in [5.41, 5.74) is 0.641. The zero-order valence-electron chi connectivity index (χ0n) is 15.8. The van der Waals surface area contributed by atoms with Gasteiger partial charge in [-0.05, 0) is 37.5 Å². The number of methoxy groups -OCH3 is 1. The van der Waals surface area contributed by atoms with E-state index in [1.807, 2.05) is 45.9 Å². The van der Waals surface area contributed by atoms with Crippen LogP contribution in [-0.2, 0) is 4.74 Å². The summed E-state index contributed by atoms with van der Waals surface area (Å²) in [4.78, 5) is 24.6. The quantitative estimate of drug-likeness (QED) is 0.688. The molecule has 1 heterocycles. The first-order valence-electron chi connectivity index (χ1n) is 8.70. The SMILES string of the molecule is CC[C@@H](C)NC(=O)Nc1ccc2sc(C(=O)OC)c(OCC(C)C)c2c1. The van der Waals surface area contributed by atoms with Crippen LogP contribution in [0.25, 0.3) is 10.1 Å². The number of esters is 1. The lowest BCUT2D eigenvalue weighted by Crippen LogP contribution is -2.35. The Morgan fingerprint density at radius 1 is 1.23 bits per heavy atom. The highest BCUT2D eigenvalue weighted by atomic mass is 32.1. The van der Waals surface area contributed by atoms with Crippen molar-refractivity contribution in [1.82, 2.24) is 5.32 Å². The molecule has 2 amide bonds. The minimum Gasteiger partial charge on any atom is -0.491 e. The number of carbonyl (C=O) groups excluding carboxylic acids is 2. The average Bonchev–Trinajstić information content (AvgIpc) is 2.96. The highest BCUT2D eigenvalue weighted by Crippen LogP contribution is 2.39. The summed E-state index contributed by atoms with van der Waals surface area (Å²) in [7, 11) is 1.35. The Hall–Kier alpha value is -2.28. The van der Waals surface area contributed by atoms with E-state index in [4.69, 9.17) is 9.47 Å². The van der Waals surface area contributed by atoms with Gasteiger partial charge in [-0.25, -0.2) is 9.59 Å². The first-order valence-corrected chi connectivity index (χ1v) is 9.52. The lowest BCUT2D eigenvalue weighted by atomic mass is 10.2. The van der Waals surface area contributed by atoms with E-state index in [0.717, 1.165) is 16.5 Å². The van der Waals surface area contributed by atoms with E-state index < -0.39 is 5.97 Å². The predicted molar refractivity (Wildman–Crippen MR) is 105 cm³/mol. The molecule has 7 heteroatoms. The van der Waals surface area contributed by atoms with E-state index >= 15 is 0 Å². The van der Waals surface area contributed by atoms with Gasteiger partial charge in [-0.2, -0.15) is 0 Å². The Labute approximate surface area is 157 Å². The number of benzene rings is 1. The van der Waals surface area contributed by atoms with Crippen molar-refractivity contribution in [3.63, 3.8) is 0 Å². The fourth-order valence-electron chi connectivity index (χ4n) is 2.27. The Kier molecular flexibility index (Phi) is 6.85. The number of fused-ring (bicyclic) bond motifs is 1. The molecule has 0 fully saturated rings. The molecule has 0 saturated carbocycles. The highest BCUT2D eigenvalue weighted by Gasteiger charge is 2.21. The molecule has 0 saturated heterocycles. The first kappa shape index (κ1) is 20.0. The number of nitrogens with one attached hydrogen (secondary N) is 2. The number of amides is 2. The molecule has 0 unspecified atom stereocenters. The normalized spacial score (nSPS) is 12.1. The van der Waals surface area contributed by atoms with E-state index in [0.29, 0.717) is 28.8 Å². The van der Waals surface area contributed by atoms with Crippen LogP contribution >= 0.6 is 11.3 Å². The minimum atomic E-state index is -0.422. The number of carbonyl (C=O) groups is 2. The number of urea groups is 1. The van der Waals surface area contributed by atoms with Gasteiger partial charge in [-0.1, -0.05) is 20.8 Å². The summed E-state index contributed by atoms with van der Waals surface area (Å²) in [6, 6.07) is 5.34. The third kappa shape index (κ3) is 4.88. The molecule has 0 aliphatic rings. The van der Waals surface area contributed by atoms with Crippen LogP contribution in [0.4, 0.5) is 10.5 Å². The summed E-state index contributed by atoms with van der Waals surface area (Å²) < 4.78 is 11.7. The van der Waals surface area contributed by atoms with E-state index in [1.165, 1.54) is 18.4 Å². The molecule has 1 aromatic carbocycles. The molecule has 1 aromatic heterocycles. The fourth-order valence-corrected chi connectivity index (χ4v) is 3.31. The van der Waals surface area contributed by atoms with Crippen molar-refractivity contribution in [2.75, 3.05) is 19.0 Å². The highest BCUT2D eigenvalue weighted by molar-refractivity contribution is 7.21. The Bertz CT molecular complexity index is 785.